The fourth-order valence-corrected chi connectivity index (χ4v) is 2.19. The van der Waals surface area contributed by atoms with Crippen LogP contribution < -0.4 is 10.6 Å². The number of hydrogen-bond donors (Lipinski definition) is 2. The summed E-state index contributed by atoms with van der Waals surface area (Å²) < 4.78 is 4.70. The number of hydrogen-bond acceptors (Lipinski definition) is 3. The molecule has 5 heteroatoms. The normalized spacial score (nSPS) is 9.91. The van der Waals surface area contributed by atoms with Gasteiger partial charge in [0.25, 0.3) is 0 Å². The van der Waals surface area contributed by atoms with Crippen molar-refractivity contribution in [3.63, 3.8) is 0 Å². The molecule has 2 N–H and O–H groups in total. The summed E-state index contributed by atoms with van der Waals surface area (Å²) in [6.07, 6.45) is 0. The third-order valence-corrected chi connectivity index (χ3v) is 3.49. The minimum absolute atomic E-state index is 0.373. The molecule has 22 heavy (non-hydrogen) atoms. The molecule has 0 unspecified atom stereocenters. The highest BCUT2D eigenvalue weighted by atomic mass is 32.1. The molecule has 114 valence electrons. The Balaban J connectivity index is 1.95. The molecule has 0 atom stereocenters. The molecule has 0 amide bonds. The number of anilines is 1. The van der Waals surface area contributed by atoms with Crippen LogP contribution in [0.15, 0.2) is 48.5 Å². The van der Waals surface area contributed by atoms with Crippen molar-refractivity contribution in [2.75, 3.05) is 12.4 Å². The molecule has 0 aliphatic carbocycles. The van der Waals surface area contributed by atoms with Crippen molar-refractivity contribution in [3.05, 3.63) is 65.2 Å². The fraction of sp³-hybridized carbons (Fsp3) is 0.176. The average molecular weight is 314 g/mol. The van der Waals surface area contributed by atoms with Crippen molar-refractivity contribution in [1.29, 1.82) is 0 Å². The second-order valence-electron chi connectivity index (χ2n) is 4.81. The van der Waals surface area contributed by atoms with Gasteiger partial charge in [-0.2, -0.15) is 0 Å². The Kier molecular flexibility index (Phi) is 5.49. The third kappa shape index (κ3) is 4.30. The minimum atomic E-state index is -0.373. The van der Waals surface area contributed by atoms with Crippen LogP contribution in [0.4, 0.5) is 5.69 Å². The van der Waals surface area contributed by atoms with E-state index in [1.54, 1.807) is 18.2 Å². The number of nitrogens with one attached hydrogen (secondary N) is 2. The van der Waals surface area contributed by atoms with E-state index in [1.807, 2.05) is 18.2 Å². The number of carbonyl (C=O) groups excluding carboxylic acids is 1. The molecule has 2 aromatic rings. The van der Waals surface area contributed by atoms with Crippen LogP contribution in [0.5, 0.6) is 0 Å². The SMILES string of the molecule is COC(=O)c1cccc(NC(=S)NCc2ccccc2C)c1. The summed E-state index contributed by atoms with van der Waals surface area (Å²) in [7, 11) is 1.36. The molecule has 0 aliphatic rings. The zero-order valence-corrected chi connectivity index (χ0v) is 13.4. The van der Waals surface area contributed by atoms with Gasteiger partial charge >= 0.3 is 5.97 Å². The molecule has 4 nitrogen and oxygen atoms in total. The van der Waals surface area contributed by atoms with Crippen molar-refractivity contribution in [1.82, 2.24) is 5.32 Å². The van der Waals surface area contributed by atoms with Crippen LogP contribution in [0, 0.1) is 6.92 Å². The van der Waals surface area contributed by atoms with Crippen molar-refractivity contribution in [2.45, 2.75) is 13.5 Å². The van der Waals surface area contributed by atoms with Gasteiger partial charge in [-0.3, -0.25) is 0 Å². The molecule has 0 bridgehead atoms. The predicted molar refractivity (Wildman–Crippen MR) is 92.0 cm³/mol. The lowest BCUT2D eigenvalue weighted by atomic mass is 10.1. The number of carbonyl (C=O) groups is 1. The number of methoxy groups -OCH3 is 1. The van der Waals surface area contributed by atoms with Crippen LogP contribution in [-0.2, 0) is 11.3 Å². The summed E-state index contributed by atoms with van der Waals surface area (Å²) in [5.41, 5.74) is 3.62. The van der Waals surface area contributed by atoms with E-state index in [1.165, 1.54) is 18.2 Å². The summed E-state index contributed by atoms with van der Waals surface area (Å²) in [6, 6.07) is 15.1. The summed E-state index contributed by atoms with van der Waals surface area (Å²) in [5.74, 6) is -0.373. The first-order chi connectivity index (χ1) is 10.6. The largest absolute Gasteiger partial charge is 0.465 e. The van der Waals surface area contributed by atoms with Gasteiger partial charge < -0.3 is 15.4 Å². The highest BCUT2D eigenvalue weighted by Gasteiger charge is 2.06. The number of aryl methyl sites for hydroxylation is 1. The van der Waals surface area contributed by atoms with Gasteiger partial charge in [-0.1, -0.05) is 30.3 Å². The van der Waals surface area contributed by atoms with Gasteiger partial charge in [-0.25, -0.2) is 4.79 Å². The zero-order chi connectivity index (χ0) is 15.9. The van der Waals surface area contributed by atoms with E-state index in [0.717, 1.165) is 5.69 Å². The van der Waals surface area contributed by atoms with E-state index >= 15 is 0 Å². The molecule has 0 fully saturated rings. The summed E-state index contributed by atoms with van der Waals surface area (Å²) in [5, 5.41) is 6.72. The maximum absolute atomic E-state index is 11.5. The molecule has 0 heterocycles. The van der Waals surface area contributed by atoms with Gasteiger partial charge in [-0.05, 0) is 48.5 Å². The van der Waals surface area contributed by atoms with Gasteiger partial charge in [0.2, 0.25) is 0 Å². The first-order valence-corrected chi connectivity index (χ1v) is 7.28. The fourth-order valence-electron chi connectivity index (χ4n) is 2.00. The molecule has 0 saturated heterocycles. The highest BCUT2D eigenvalue weighted by Crippen LogP contribution is 2.12. The smallest absolute Gasteiger partial charge is 0.337 e. The maximum atomic E-state index is 11.5. The van der Waals surface area contributed by atoms with E-state index < -0.39 is 0 Å². The van der Waals surface area contributed by atoms with Gasteiger partial charge in [-0.15, -0.1) is 0 Å². The van der Waals surface area contributed by atoms with Gasteiger partial charge in [0, 0.05) is 12.2 Å². The summed E-state index contributed by atoms with van der Waals surface area (Å²) in [4.78, 5) is 11.5. The Morgan fingerprint density at radius 3 is 2.68 bits per heavy atom. The number of thiocarbonyl (C=S) groups is 1. The number of rotatable bonds is 4. The van der Waals surface area contributed by atoms with Crippen molar-refractivity contribution < 1.29 is 9.53 Å². The summed E-state index contributed by atoms with van der Waals surface area (Å²) >= 11 is 5.28. The minimum Gasteiger partial charge on any atom is -0.465 e. The van der Waals surface area contributed by atoms with Crippen molar-refractivity contribution in [3.8, 4) is 0 Å². The number of ether oxygens (including phenoxy) is 1. The lowest BCUT2D eigenvalue weighted by Gasteiger charge is -2.12. The van der Waals surface area contributed by atoms with E-state index in [4.69, 9.17) is 17.0 Å². The molecule has 2 aromatic carbocycles. The van der Waals surface area contributed by atoms with E-state index in [0.29, 0.717) is 17.2 Å². The van der Waals surface area contributed by atoms with Crippen molar-refractivity contribution in [2.24, 2.45) is 0 Å². The van der Waals surface area contributed by atoms with E-state index in [-0.39, 0.29) is 5.97 Å². The molecular weight excluding hydrogens is 296 g/mol. The zero-order valence-electron chi connectivity index (χ0n) is 12.6. The van der Waals surface area contributed by atoms with Gasteiger partial charge in [0.1, 0.15) is 0 Å². The topological polar surface area (TPSA) is 50.4 Å². The number of benzene rings is 2. The Labute approximate surface area is 135 Å². The highest BCUT2D eigenvalue weighted by molar-refractivity contribution is 7.80. The molecular formula is C17H18N2O2S. The van der Waals surface area contributed by atoms with Crippen LogP contribution >= 0.6 is 12.2 Å². The lowest BCUT2D eigenvalue weighted by Crippen LogP contribution is -2.28. The monoisotopic (exact) mass is 314 g/mol. The van der Waals surface area contributed by atoms with Crippen LogP contribution in [-0.4, -0.2) is 18.2 Å². The van der Waals surface area contributed by atoms with E-state index in [2.05, 4.69) is 29.7 Å². The van der Waals surface area contributed by atoms with Gasteiger partial charge in [0.05, 0.1) is 12.7 Å². The first-order valence-electron chi connectivity index (χ1n) is 6.88. The standard InChI is InChI=1S/C17H18N2O2S/c1-12-6-3-4-7-14(12)11-18-17(22)19-15-9-5-8-13(10-15)16(20)21-2/h3-10H,11H2,1-2H3,(H2,18,19,22). The van der Waals surface area contributed by atoms with Gasteiger partial charge in [0.15, 0.2) is 5.11 Å². The second-order valence-corrected chi connectivity index (χ2v) is 5.21. The first kappa shape index (κ1) is 16.0. The maximum Gasteiger partial charge on any atom is 0.337 e. The Morgan fingerprint density at radius 1 is 1.18 bits per heavy atom. The van der Waals surface area contributed by atoms with Crippen LogP contribution in [0.3, 0.4) is 0 Å². The Morgan fingerprint density at radius 2 is 1.95 bits per heavy atom. The van der Waals surface area contributed by atoms with Crippen LogP contribution in [0.2, 0.25) is 0 Å². The summed E-state index contributed by atoms with van der Waals surface area (Å²) in [6.45, 7) is 2.71. The third-order valence-electron chi connectivity index (χ3n) is 3.24. The van der Waals surface area contributed by atoms with Crippen molar-refractivity contribution >= 4 is 29.0 Å². The van der Waals surface area contributed by atoms with Crippen LogP contribution in [0.1, 0.15) is 21.5 Å². The average Bonchev–Trinajstić information content (AvgIpc) is 2.53. The molecule has 0 spiro atoms. The Hall–Kier alpha value is -2.40. The predicted octanol–water partition coefficient (Wildman–Crippen LogP) is 3.27. The number of esters is 1. The molecule has 2 rings (SSSR count). The Bertz CT molecular complexity index is 686. The lowest BCUT2D eigenvalue weighted by molar-refractivity contribution is 0.0601. The molecule has 0 radical (unpaired) electrons. The van der Waals surface area contributed by atoms with E-state index in [9.17, 15) is 4.79 Å². The second kappa shape index (κ2) is 7.56. The molecule has 0 saturated carbocycles. The quantitative estimate of drug-likeness (QED) is 0.670. The van der Waals surface area contributed by atoms with Crippen LogP contribution in [0.25, 0.3) is 0 Å². The molecule has 0 aliphatic heterocycles. The molecule has 0 aromatic heterocycles.